The lowest BCUT2D eigenvalue weighted by molar-refractivity contribution is 0.262. The zero-order chi connectivity index (χ0) is 23.5. The van der Waals surface area contributed by atoms with Crippen molar-refractivity contribution in [2.75, 3.05) is 10.6 Å². The zero-order valence-electron chi connectivity index (χ0n) is 18.7. The molecule has 0 bridgehead atoms. The number of hydrogen-bond donors (Lipinski definition) is 2. The van der Waals surface area contributed by atoms with Crippen molar-refractivity contribution in [3.8, 4) is 17.4 Å². The SMILES string of the molecule is Cc1ncn(-c2ccc(Oc3ccc(NC(=O)Nc4ccc5ccccc5c4)cc3)nn2)c1C. The van der Waals surface area contributed by atoms with Gasteiger partial charge >= 0.3 is 6.03 Å². The highest BCUT2D eigenvalue weighted by molar-refractivity contribution is 6.01. The Morgan fingerprint density at radius 1 is 0.824 bits per heavy atom. The summed E-state index contributed by atoms with van der Waals surface area (Å²) in [6.07, 6.45) is 1.72. The first kappa shape index (κ1) is 21.1. The summed E-state index contributed by atoms with van der Waals surface area (Å²) in [6.45, 7) is 3.93. The lowest BCUT2D eigenvalue weighted by Gasteiger charge is -2.10. The number of carbonyl (C=O) groups excluding carboxylic acids is 1. The third kappa shape index (κ3) is 4.56. The smallest absolute Gasteiger partial charge is 0.323 e. The maximum absolute atomic E-state index is 12.4. The number of rotatable bonds is 5. The van der Waals surface area contributed by atoms with Crippen molar-refractivity contribution in [3.63, 3.8) is 0 Å². The summed E-state index contributed by atoms with van der Waals surface area (Å²) in [6, 6.07) is 24.1. The summed E-state index contributed by atoms with van der Waals surface area (Å²) in [7, 11) is 0. The summed E-state index contributed by atoms with van der Waals surface area (Å²) in [5.41, 5.74) is 3.31. The summed E-state index contributed by atoms with van der Waals surface area (Å²) in [4.78, 5) is 16.7. The van der Waals surface area contributed by atoms with Crippen LogP contribution in [0.1, 0.15) is 11.4 Å². The van der Waals surface area contributed by atoms with Crippen molar-refractivity contribution in [1.82, 2.24) is 19.7 Å². The van der Waals surface area contributed by atoms with Crippen LogP contribution in [-0.2, 0) is 0 Å². The highest BCUT2D eigenvalue weighted by atomic mass is 16.5. The number of aromatic nitrogens is 4. The van der Waals surface area contributed by atoms with Crippen LogP contribution in [-0.4, -0.2) is 25.8 Å². The van der Waals surface area contributed by atoms with Crippen molar-refractivity contribution < 1.29 is 9.53 Å². The van der Waals surface area contributed by atoms with Gasteiger partial charge in [-0.2, -0.15) is 0 Å². The van der Waals surface area contributed by atoms with Gasteiger partial charge < -0.3 is 15.4 Å². The van der Waals surface area contributed by atoms with E-state index in [0.717, 1.165) is 27.8 Å². The van der Waals surface area contributed by atoms with Crippen LogP contribution < -0.4 is 15.4 Å². The number of aryl methyl sites for hydroxylation is 1. The lowest BCUT2D eigenvalue weighted by Crippen LogP contribution is -2.19. The third-order valence-corrected chi connectivity index (χ3v) is 5.47. The summed E-state index contributed by atoms with van der Waals surface area (Å²) >= 11 is 0. The van der Waals surface area contributed by atoms with Gasteiger partial charge in [-0.1, -0.05) is 30.3 Å². The molecule has 0 spiro atoms. The maximum Gasteiger partial charge on any atom is 0.323 e. The van der Waals surface area contributed by atoms with Gasteiger partial charge in [-0.25, -0.2) is 9.78 Å². The molecule has 34 heavy (non-hydrogen) atoms. The number of benzene rings is 3. The number of anilines is 2. The second-order valence-electron chi connectivity index (χ2n) is 7.78. The Hall–Kier alpha value is -4.72. The molecule has 0 atom stereocenters. The van der Waals surface area contributed by atoms with E-state index in [1.54, 1.807) is 36.7 Å². The second kappa shape index (κ2) is 9.03. The van der Waals surface area contributed by atoms with Gasteiger partial charge in [0.25, 0.3) is 0 Å². The van der Waals surface area contributed by atoms with Crippen LogP contribution in [0.15, 0.2) is 85.2 Å². The number of nitrogens with zero attached hydrogens (tertiary/aromatic N) is 4. The fourth-order valence-corrected chi connectivity index (χ4v) is 3.51. The number of amides is 2. The van der Waals surface area contributed by atoms with E-state index in [2.05, 4.69) is 25.8 Å². The minimum absolute atomic E-state index is 0.324. The summed E-state index contributed by atoms with van der Waals surface area (Å²) in [5.74, 6) is 1.62. The molecular formula is C26H22N6O2. The van der Waals surface area contributed by atoms with Gasteiger partial charge in [0.2, 0.25) is 5.88 Å². The Balaban J connectivity index is 1.19. The fourth-order valence-electron chi connectivity index (χ4n) is 3.51. The molecule has 5 rings (SSSR count). The molecule has 0 aliphatic rings. The van der Waals surface area contributed by atoms with Crippen LogP contribution in [0.2, 0.25) is 0 Å². The van der Waals surface area contributed by atoms with E-state index in [-0.39, 0.29) is 6.03 Å². The zero-order valence-corrected chi connectivity index (χ0v) is 18.7. The first-order chi connectivity index (χ1) is 16.5. The maximum atomic E-state index is 12.4. The molecule has 168 valence electrons. The number of nitrogens with one attached hydrogen (secondary N) is 2. The Morgan fingerprint density at radius 3 is 2.26 bits per heavy atom. The molecule has 3 aromatic carbocycles. The molecule has 0 saturated carbocycles. The molecule has 2 aromatic heterocycles. The molecule has 2 N–H and O–H groups in total. The Kier molecular flexibility index (Phi) is 5.61. The molecule has 2 heterocycles. The van der Waals surface area contributed by atoms with E-state index in [4.69, 9.17) is 4.74 Å². The molecule has 0 aliphatic carbocycles. The van der Waals surface area contributed by atoms with Crippen LogP contribution in [0.5, 0.6) is 11.6 Å². The number of urea groups is 1. The third-order valence-electron chi connectivity index (χ3n) is 5.47. The normalized spacial score (nSPS) is 10.8. The average molecular weight is 451 g/mol. The first-order valence-electron chi connectivity index (χ1n) is 10.7. The lowest BCUT2D eigenvalue weighted by atomic mass is 10.1. The number of fused-ring (bicyclic) bond motifs is 1. The summed E-state index contributed by atoms with van der Waals surface area (Å²) < 4.78 is 7.64. The van der Waals surface area contributed by atoms with Crippen molar-refractivity contribution in [2.24, 2.45) is 0 Å². The topological polar surface area (TPSA) is 94.0 Å². The Bertz CT molecular complexity index is 1460. The van der Waals surface area contributed by atoms with Crippen LogP contribution >= 0.6 is 0 Å². The van der Waals surface area contributed by atoms with E-state index >= 15 is 0 Å². The molecule has 0 radical (unpaired) electrons. The summed E-state index contributed by atoms with van der Waals surface area (Å²) in [5, 5.41) is 16.2. The quantitative estimate of drug-likeness (QED) is 0.349. The van der Waals surface area contributed by atoms with E-state index in [0.29, 0.717) is 23.1 Å². The minimum Gasteiger partial charge on any atom is -0.438 e. The van der Waals surface area contributed by atoms with E-state index in [9.17, 15) is 4.79 Å². The molecule has 5 aromatic rings. The second-order valence-corrected chi connectivity index (χ2v) is 7.78. The van der Waals surface area contributed by atoms with Gasteiger partial charge in [0.1, 0.15) is 12.1 Å². The number of hydrogen-bond acceptors (Lipinski definition) is 5. The van der Waals surface area contributed by atoms with Gasteiger partial charge in [-0.15, -0.1) is 10.2 Å². The van der Waals surface area contributed by atoms with Crippen LogP contribution in [0, 0.1) is 13.8 Å². The molecule has 0 aliphatic heterocycles. The molecule has 8 nitrogen and oxygen atoms in total. The highest BCUT2D eigenvalue weighted by Gasteiger charge is 2.08. The standard InChI is InChI=1S/C26H22N6O2/c1-17-18(2)32(16-27-17)24-13-14-25(31-30-24)34-23-11-9-21(10-12-23)28-26(33)29-22-8-7-19-5-3-4-6-20(19)15-22/h3-16H,1-2H3,(H2,28,29,33). The van der Waals surface area contributed by atoms with E-state index < -0.39 is 0 Å². The van der Waals surface area contributed by atoms with Gasteiger partial charge in [0, 0.05) is 23.1 Å². The average Bonchev–Trinajstić information content (AvgIpc) is 3.19. The molecular weight excluding hydrogens is 428 g/mol. The molecule has 0 unspecified atom stereocenters. The van der Waals surface area contributed by atoms with Gasteiger partial charge in [0.05, 0.1) is 5.69 Å². The van der Waals surface area contributed by atoms with Crippen molar-refractivity contribution in [3.05, 3.63) is 96.6 Å². The first-order valence-corrected chi connectivity index (χ1v) is 10.7. The molecule has 2 amide bonds. The van der Waals surface area contributed by atoms with Gasteiger partial charge in [0.15, 0.2) is 5.82 Å². The van der Waals surface area contributed by atoms with Crippen molar-refractivity contribution in [2.45, 2.75) is 13.8 Å². The van der Waals surface area contributed by atoms with Gasteiger partial charge in [-0.05, 0) is 67.1 Å². The van der Waals surface area contributed by atoms with Crippen LogP contribution in [0.25, 0.3) is 16.6 Å². The number of imidazole rings is 1. The minimum atomic E-state index is -0.324. The predicted molar refractivity (Wildman–Crippen MR) is 132 cm³/mol. The van der Waals surface area contributed by atoms with Crippen molar-refractivity contribution in [1.29, 1.82) is 0 Å². The fraction of sp³-hybridized carbons (Fsp3) is 0.0769. The van der Waals surface area contributed by atoms with Crippen LogP contribution in [0.3, 0.4) is 0 Å². The van der Waals surface area contributed by atoms with E-state index in [1.807, 2.05) is 66.9 Å². The monoisotopic (exact) mass is 450 g/mol. The molecule has 8 heteroatoms. The van der Waals surface area contributed by atoms with Crippen LogP contribution in [0.4, 0.5) is 16.2 Å². The van der Waals surface area contributed by atoms with E-state index in [1.165, 1.54) is 0 Å². The largest absolute Gasteiger partial charge is 0.438 e. The number of ether oxygens (including phenoxy) is 1. The predicted octanol–water partition coefficient (Wildman–Crippen LogP) is 5.87. The highest BCUT2D eigenvalue weighted by Crippen LogP contribution is 2.23. The Labute approximate surface area is 196 Å². The molecule has 0 fully saturated rings. The Morgan fingerprint density at radius 2 is 1.56 bits per heavy atom. The molecule has 0 saturated heterocycles. The number of carbonyl (C=O) groups is 1. The van der Waals surface area contributed by atoms with Gasteiger partial charge in [-0.3, -0.25) is 4.57 Å². The van der Waals surface area contributed by atoms with Crippen molar-refractivity contribution >= 4 is 28.2 Å².